The van der Waals surface area contributed by atoms with Gasteiger partial charge in [-0.1, -0.05) is 44.2 Å². The van der Waals surface area contributed by atoms with Crippen molar-refractivity contribution in [1.82, 2.24) is 4.90 Å². The Balaban J connectivity index is 2.13. The van der Waals surface area contributed by atoms with Crippen LogP contribution < -0.4 is 5.73 Å². The maximum atomic E-state index is 12.0. The minimum absolute atomic E-state index is 0.202. The van der Waals surface area contributed by atoms with Gasteiger partial charge >= 0.3 is 6.03 Å². The molecule has 0 saturated heterocycles. The predicted octanol–water partition coefficient (Wildman–Crippen LogP) is 2.83. The van der Waals surface area contributed by atoms with Crippen LogP contribution in [0.4, 0.5) is 4.79 Å². The number of hydrogen-bond donors (Lipinski definition) is 1. The van der Waals surface area contributed by atoms with Crippen LogP contribution >= 0.6 is 0 Å². The average molecular weight is 273 g/mol. The van der Waals surface area contributed by atoms with Crippen molar-refractivity contribution in [2.45, 2.75) is 39.2 Å². The third-order valence-electron chi connectivity index (χ3n) is 3.89. The third-order valence-corrected chi connectivity index (χ3v) is 3.89. The summed E-state index contributed by atoms with van der Waals surface area (Å²) in [7, 11) is 0. The predicted molar refractivity (Wildman–Crippen MR) is 81.7 cm³/mol. The maximum absolute atomic E-state index is 12.0. The molecule has 0 aromatic heterocycles. The molecule has 2 N–H and O–H groups in total. The van der Waals surface area contributed by atoms with Crippen molar-refractivity contribution in [2.24, 2.45) is 16.6 Å². The van der Waals surface area contributed by atoms with E-state index in [-0.39, 0.29) is 6.03 Å². The van der Waals surface area contributed by atoms with Gasteiger partial charge in [0.05, 0.1) is 5.54 Å². The molecule has 1 aliphatic rings. The molecule has 1 heterocycles. The molecule has 0 spiro atoms. The first-order valence-corrected chi connectivity index (χ1v) is 7.13. The van der Waals surface area contributed by atoms with Gasteiger partial charge in [0.25, 0.3) is 0 Å². The van der Waals surface area contributed by atoms with Gasteiger partial charge in [-0.25, -0.2) is 4.79 Å². The minimum Gasteiger partial charge on any atom is -0.385 e. The molecule has 1 atom stereocenters. The minimum atomic E-state index is -0.461. The Morgan fingerprint density at radius 1 is 1.30 bits per heavy atom. The van der Waals surface area contributed by atoms with Crippen LogP contribution in [0.25, 0.3) is 0 Å². The lowest BCUT2D eigenvalue weighted by Gasteiger charge is -2.36. The normalized spacial score (nSPS) is 22.5. The highest BCUT2D eigenvalue weighted by Crippen LogP contribution is 2.29. The fraction of sp³-hybridized carbons (Fsp3) is 0.500. The molecule has 4 nitrogen and oxygen atoms in total. The van der Waals surface area contributed by atoms with E-state index in [1.165, 1.54) is 5.56 Å². The summed E-state index contributed by atoms with van der Waals surface area (Å²) in [5.41, 5.74) is 6.82. The molecule has 1 aromatic rings. The second-order valence-corrected chi connectivity index (χ2v) is 6.04. The van der Waals surface area contributed by atoms with Crippen LogP contribution in [-0.2, 0) is 6.42 Å². The highest BCUT2D eigenvalue weighted by atomic mass is 16.2. The fourth-order valence-corrected chi connectivity index (χ4v) is 2.57. The van der Waals surface area contributed by atoms with Gasteiger partial charge in [0, 0.05) is 6.54 Å². The lowest BCUT2D eigenvalue weighted by atomic mass is 9.90. The van der Waals surface area contributed by atoms with E-state index >= 15 is 0 Å². The molecule has 0 radical (unpaired) electrons. The molecule has 2 rings (SSSR count). The number of rotatable bonds is 5. The highest BCUT2D eigenvalue weighted by molar-refractivity contribution is 6.05. The molecular formula is C16H23N3O. The summed E-state index contributed by atoms with van der Waals surface area (Å²) in [5, 5.41) is 0. The van der Waals surface area contributed by atoms with Gasteiger partial charge in [-0.05, 0) is 31.2 Å². The second-order valence-electron chi connectivity index (χ2n) is 6.04. The van der Waals surface area contributed by atoms with Crippen molar-refractivity contribution >= 4 is 11.9 Å². The standard InChI is InChI=1S/C16H23N3O/c1-12(2)11-19-15(20)18-14(17)16(19,3)10-9-13-7-5-4-6-8-13/h4-8,12H,9-11H2,1-3H3,(H2,17,18,20). The van der Waals surface area contributed by atoms with E-state index in [1.807, 2.05) is 30.0 Å². The summed E-state index contributed by atoms with van der Waals surface area (Å²) in [6, 6.07) is 10.1. The van der Waals surface area contributed by atoms with E-state index in [2.05, 4.69) is 31.0 Å². The van der Waals surface area contributed by atoms with Crippen molar-refractivity contribution < 1.29 is 4.79 Å². The number of aryl methyl sites for hydroxylation is 1. The summed E-state index contributed by atoms with van der Waals surface area (Å²) in [5.74, 6) is 0.843. The topological polar surface area (TPSA) is 58.7 Å². The van der Waals surface area contributed by atoms with Crippen molar-refractivity contribution in [3.63, 3.8) is 0 Å². The van der Waals surface area contributed by atoms with Crippen LogP contribution in [-0.4, -0.2) is 28.9 Å². The molecule has 1 aromatic carbocycles. The van der Waals surface area contributed by atoms with Crippen molar-refractivity contribution in [3.05, 3.63) is 35.9 Å². The van der Waals surface area contributed by atoms with Crippen molar-refractivity contribution in [3.8, 4) is 0 Å². The molecule has 0 fully saturated rings. The Kier molecular flexibility index (Phi) is 4.12. The number of amidine groups is 1. The number of amides is 2. The molecule has 1 unspecified atom stereocenters. The average Bonchev–Trinajstić information content (AvgIpc) is 2.62. The molecule has 4 heteroatoms. The van der Waals surface area contributed by atoms with Gasteiger partial charge < -0.3 is 10.6 Å². The monoisotopic (exact) mass is 273 g/mol. The Morgan fingerprint density at radius 3 is 2.55 bits per heavy atom. The van der Waals surface area contributed by atoms with Crippen LogP contribution in [0.15, 0.2) is 35.3 Å². The van der Waals surface area contributed by atoms with Crippen molar-refractivity contribution in [1.29, 1.82) is 0 Å². The lowest BCUT2D eigenvalue weighted by Crippen LogP contribution is -2.53. The number of aliphatic imine (C=N–C) groups is 1. The molecular weight excluding hydrogens is 250 g/mol. The zero-order chi connectivity index (χ0) is 14.8. The second kappa shape index (κ2) is 5.65. The summed E-state index contributed by atoms with van der Waals surface area (Å²) in [4.78, 5) is 17.8. The Labute approximate surface area is 120 Å². The number of carbonyl (C=O) groups excluding carboxylic acids is 1. The van der Waals surface area contributed by atoms with Crippen LogP contribution in [0.5, 0.6) is 0 Å². The molecule has 0 bridgehead atoms. The van der Waals surface area contributed by atoms with Gasteiger partial charge in [-0.15, -0.1) is 0 Å². The molecule has 0 saturated carbocycles. The number of hydrogen-bond acceptors (Lipinski definition) is 2. The Bertz CT molecular complexity index is 510. The molecule has 108 valence electrons. The summed E-state index contributed by atoms with van der Waals surface area (Å²) >= 11 is 0. The van der Waals surface area contributed by atoms with Crippen LogP contribution in [0.2, 0.25) is 0 Å². The van der Waals surface area contributed by atoms with E-state index in [4.69, 9.17) is 5.73 Å². The number of nitrogens with zero attached hydrogens (tertiary/aromatic N) is 2. The summed E-state index contributed by atoms with van der Waals surface area (Å²) < 4.78 is 0. The Hall–Kier alpha value is -1.84. The quantitative estimate of drug-likeness (QED) is 0.896. The van der Waals surface area contributed by atoms with E-state index in [1.54, 1.807) is 0 Å². The van der Waals surface area contributed by atoms with Gasteiger partial charge in [0.2, 0.25) is 0 Å². The highest BCUT2D eigenvalue weighted by Gasteiger charge is 2.44. The zero-order valence-electron chi connectivity index (χ0n) is 12.5. The first-order valence-electron chi connectivity index (χ1n) is 7.13. The van der Waals surface area contributed by atoms with Gasteiger partial charge in [-0.3, -0.25) is 0 Å². The molecule has 1 aliphatic heterocycles. The van der Waals surface area contributed by atoms with Crippen molar-refractivity contribution in [2.75, 3.05) is 6.54 Å². The molecule has 2 amide bonds. The zero-order valence-corrected chi connectivity index (χ0v) is 12.5. The Morgan fingerprint density at radius 2 is 1.95 bits per heavy atom. The van der Waals surface area contributed by atoms with E-state index in [0.29, 0.717) is 18.3 Å². The fourth-order valence-electron chi connectivity index (χ4n) is 2.57. The number of urea groups is 1. The SMILES string of the molecule is CC(C)CN1C(=O)N=C(N)C1(C)CCc1ccccc1. The van der Waals surface area contributed by atoms with E-state index < -0.39 is 5.54 Å². The van der Waals surface area contributed by atoms with Crippen LogP contribution in [0.1, 0.15) is 32.8 Å². The van der Waals surface area contributed by atoms with E-state index in [9.17, 15) is 4.79 Å². The molecule has 0 aliphatic carbocycles. The van der Waals surface area contributed by atoms with Gasteiger partial charge in [-0.2, -0.15) is 4.99 Å². The molecule has 20 heavy (non-hydrogen) atoms. The summed E-state index contributed by atoms with van der Waals surface area (Å²) in [6.07, 6.45) is 1.68. The third kappa shape index (κ3) is 2.84. The number of nitrogens with two attached hydrogens (primary N) is 1. The van der Waals surface area contributed by atoms with Gasteiger partial charge in [0.1, 0.15) is 5.84 Å². The lowest BCUT2D eigenvalue weighted by molar-refractivity contribution is 0.163. The first kappa shape index (κ1) is 14.6. The van der Waals surface area contributed by atoms with Gasteiger partial charge in [0.15, 0.2) is 0 Å². The first-order chi connectivity index (χ1) is 9.43. The smallest absolute Gasteiger partial charge is 0.346 e. The summed E-state index contributed by atoms with van der Waals surface area (Å²) in [6.45, 7) is 6.90. The number of benzene rings is 1. The largest absolute Gasteiger partial charge is 0.385 e. The van der Waals surface area contributed by atoms with Crippen LogP contribution in [0.3, 0.4) is 0 Å². The van der Waals surface area contributed by atoms with Crippen LogP contribution in [0, 0.1) is 5.92 Å². The van der Waals surface area contributed by atoms with E-state index in [0.717, 1.165) is 12.8 Å². The maximum Gasteiger partial charge on any atom is 0.346 e. The number of carbonyl (C=O) groups is 1.